The van der Waals surface area contributed by atoms with E-state index in [1.54, 1.807) is 18.2 Å². The lowest BCUT2D eigenvalue weighted by molar-refractivity contribution is 0.0945. The molecule has 7 heteroatoms. The summed E-state index contributed by atoms with van der Waals surface area (Å²) in [7, 11) is 0. The fourth-order valence-electron chi connectivity index (χ4n) is 1.47. The number of hydrogen-bond acceptors (Lipinski definition) is 3. The Bertz CT molecular complexity index is 634. The lowest BCUT2D eigenvalue weighted by Gasteiger charge is -2.11. The number of benzene rings is 1. The van der Waals surface area contributed by atoms with Crippen LogP contribution in [0, 0.1) is 11.3 Å². The second-order valence-corrected chi connectivity index (χ2v) is 4.51. The van der Waals surface area contributed by atoms with Crippen LogP contribution < -0.4 is 5.32 Å². The Balaban J connectivity index is 2.19. The Morgan fingerprint density at radius 2 is 2.21 bits per heavy atom. The minimum Gasteiger partial charge on any atom is -0.332 e. The van der Waals surface area contributed by atoms with Crippen molar-refractivity contribution in [3.05, 3.63) is 51.8 Å². The Morgan fingerprint density at radius 3 is 2.79 bits per heavy atom. The quantitative estimate of drug-likeness (QED) is 0.913. The summed E-state index contributed by atoms with van der Waals surface area (Å²) in [5.41, 5.74) is 0.911. The summed E-state index contributed by atoms with van der Waals surface area (Å²) in [6.45, 7) is 0. The van der Waals surface area contributed by atoms with Crippen LogP contribution in [0.4, 0.5) is 0 Å². The van der Waals surface area contributed by atoms with Gasteiger partial charge in [0.15, 0.2) is 0 Å². The molecule has 1 amide bonds. The van der Waals surface area contributed by atoms with E-state index >= 15 is 0 Å². The van der Waals surface area contributed by atoms with Gasteiger partial charge in [0.2, 0.25) is 0 Å². The van der Waals surface area contributed by atoms with Gasteiger partial charge in [-0.3, -0.25) is 9.89 Å². The van der Waals surface area contributed by atoms with E-state index < -0.39 is 11.9 Å². The van der Waals surface area contributed by atoms with Crippen molar-refractivity contribution in [3.8, 4) is 6.07 Å². The minimum absolute atomic E-state index is 0.331. The third-order valence-corrected chi connectivity index (χ3v) is 3.18. The van der Waals surface area contributed by atoms with Crippen LogP contribution in [0.5, 0.6) is 0 Å². The van der Waals surface area contributed by atoms with E-state index in [-0.39, 0.29) is 0 Å². The first kappa shape index (κ1) is 13.4. The monoisotopic (exact) mass is 294 g/mol. The highest BCUT2D eigenvalue weighted by Crippen LogP contribution is 2.25. The number of nitrogens with one attached hydrogen (secondary N) is 2. The van der Waals surface area contributed by atoms with Gasteiger partial charge in [-0.05, 0) is 17.7 Å². The van der Waals surface area contributed by atoms with E-state index in [4.69, 9.17) is 28.5 Å². The highest BCUT2D eigenvalue weighted by molar-refractivity contribution is 6.42. The number of hydrogen-bond donors (Lipinski definition) is 2. The number of amides is 1. The van der Waals surface area contributed by atoms with E-state index in [0.717, 1.165) is 0 Å². The van der Waals surface area contributed by atoms with E-state index in [1.165, 1.54) is 12.4 Å². The third kappa shape index (κ3) is 3.05. The van der Waals surface area contributed by atoms with Crippen molar-refractivity contribution >= 4 is 29.1 Å². The smallest absolute Gasteiger partial charge is 0.255 e. The van der Waals surface area contributed by atoms with E-state index in [1.807, 2.05) is 6.07 Å². The Labute approximate surface area is 119 Å². The van der Waals surface area contributed by atoms with Crippen LogP contribution in [-0.4, -0.2) is 16.1 Å². The highest BCUT2D eigenvalue weighted by atomic mass is 35.5. The van der Waals surface area contributed by atoms with Crippen molar-refractivity contribution in [1.29, 1.82) is 5.26 Å². The predicted molar refractivity (Wildman–Crippen MR) is 70.9 cm³/mol. The number of aromatic nitrogens is 2. The first-order valence-corrected chi connectivity index (χ1v) is 6.01. The molecular formula is C12H8Cl2N4O. The van der Waals surface area contributed by atoms with Crippen LogP contribution in [0.1, 0.15) is 22.0 Å². The van der Waals surface area contributed by atoms with E-state index in [9.17, 15) is 4.79 Å². The number of nitrogens with zero attached hydrogens (tertiary/aromatic N) is 2. The summed E-state index contributed by atoms with van der Waals surface area (Å²) >= 11 is 11.7. The highest BCUT2D eigenvalue weighted by Gasteiger charge is 2.16. The van der Waals surface area contributed by atoms with Gasteiger partial charge in [0.1, 0.15) is 6.04 Å². The lowest BCUT2D eigenvalue weighted by Crippen LogP contribution is -2.27. The standard InChI is InChI=1S/C12H8Cl2N4O/c13-9-2-1-7(3-10(9)14)11(4-15)18-12(19)8-5-16-17-6-8/h1-3,5-6,11H,(H,16,17)(H,18,19)/t11-/m0/s1. The Hall–Kier alpha value is -2.03. The molecule has 0 saturated heterocycles. The molecule has 0 aliphatic carbocycles. The fourth-order valence-corrected chi connectivity index (χ4v) is 1.78. The molecule has 0 spiro atoms. The van der Waals surface area contributed by atoms with Crippen LogP contribution in [0.25, 0.3) is 0 Å². The van der Waals surface area contributed by atoms with Gasteiger partial charge >= 0.3 is 0 Å². The molecule has 2 N–H and O–H groups in total. The molecule has 0 bridgehead atoms. The molecule has 0 aliphatic rings. The van der Waals surface area contributed by atoms with Crippen molar-refractivity contribution in [3.63, 3.8) is 0 Å². The average molecular weight is 295 g/mol. The average Bonchev–Trinajstić information content (AvgIpc) is 2.93. The molecule has 0 unspecified atom stereocenters. The molecule has 0 fully saturated rings. The van der Waals surface area contributed by atoms with Gasteiger partial charge in [0, 0.05) is 6.20 Å². The number of nitriles is 1. The fraction of sp³-hybridized carbons (Fsp3) is 0.0833. The molecule has 19 heavy (non-hydrogen) atoms. The van der Waals surface area contributed by atoms with Gasteiger partial charge in [0.25, 0.3) is 5.91 Å². The van der Waals surface area contributed by atoms with Crippen molar-refractivity contribution in [2.24, 2.45) is 0 Å². The summed E-state index contributed by atoms with van der Waals surface area (Å²) in [4.78, 5) is 11.8. The maximum Gasteiger partial charge on any atom is 0.255 e. The van der Waals surface area contributed by atoms with Gasteiger partial charge in [-0.1, -0.05) is 29.3 Å². The molecule has 96 valence electrons. The molecule has 2 rings (SSSR count). The van der Waals surface area contributed by atoms with Crippen LogP contribution in [0.3, 0.4) is 0 Å². The number of carbonyl (C=O) groups excluding carboxylic acids is 1. The summed E-state index contributed by atoms with van der Waals surface area (Å²) in [5.74, 6) is -0.397. The van der Waals surface area contributed by atoms with Crippen LogP contribution in [-0.2, 0) is 0 Å². The third-order valence-electron chi connectivity index (χ3n) is 2.44. The normalized spacial score (nSPS) is 11.6. The SMILES string of the molecule is N#C[C@H](NC(=O)c1cn[nH]c1)c1ccc(Cl)c(Cl)c1. The molecule has 1 heterocycles. The molecule has 2 aromatic rings. The summed E-state index contributed by atoms with van der Waals surface area (Å²) in [6, 6.07) is 5.95. The summed E-state index contributed by atoms with van der Waals surface area (Å²) in [5, 5.41) is 18.6. The number of H-pyrrole nitrogens is 1. The van der Waals surface area contributed by atoms with Gasteiger partial charge in [-0.2, -0.15) is 10.4 Å². The maximum absolute atomic E-state index is 11.8. The van der Waals surface area contributed by atoms with Crippen molar-refractivity contribution in [2.75, 3.05) is 0 Å². The second kappa shape index (κ2) is 5.74. The van der Waals surface area contributed by atoms with Crippen molar-refractivity contribution in [1.82, 2.24) is 15.5 Å². The first-order valence-electron chi connectivity index (χ1n) is 5.26. The topological polar surface area (TPSA) is 81.6 Å². The van der Waals surface area contributed by atoms with Gasteiger partial charge < -0.3 is 5.32 Å². The Kier molecular flexibility index (Phi) is 4.05. The van der Waals surface area contributed by atoms with E-state index in [0.29, 0.717) is 21.2 Å². The second-order valence-electron chi connectivity index (χ2n) is 3.70. The zero-order chi connectivity index (χ0) is 13.8. The lowest BCUT2D eigenvalue weighted by atomic mass is 10.1. The van der Waals surface area contributed by atoms with E-state index in [2.05, 4.69) is 15.5 Å². The van der Waals surface area contributed by atoms with Crippen LogP contribution >= 0.6 is 23.2 Å². The van der Waals surface area contributed by atoms with Gasteiger partial charge in [0.05, 0.1) is 27.9 Å². The molecule has 1 atom stereocenters. The van der Waals surface area contributed by atoms with Crippen molar-refractivity contribution in [2.45, 2.75) is 6.04 Å². The number of rotatable bonds is 3. The predicted octanol–water partition coefficient (Wildman–Crippen LogP) is 2.71. The molecule has 0 radical (unpaired) electrons. The first-order chi connectivity index (χ1) is 9.11. The Morgan fingerprint density at radius 1 is 1.42 bits per heavy atom. The molecular weight excluding hydrogens is 287 g/mol. The zero-order valence-corrected chi connectivity index (χ0v) is 11.0. The molecule has 0 saturated carbocycles. The van der Waals surface area contributed by atoms with Gasteiger partial charge in [-0.25, -0.2) is 0 Å². The summed E-state index contributed by atoms with van der Waals surface area (Å²) < 4.78 is 0. The number of halogens is 2. The number of carbonyl (C=O) groups is 1. The number of aromatic amines is 1. The maximum atomic E-state index is 11.8. The molecule has 1 aromatic carbocycles. The van der Waals surface area contributed by atoms with Crippen LogP contribution in [0.2, 0.25) is 10.0 Å². The van der Waals surface area contributed by atoms with Crippen molar-refractivity contribution < 1.29 is 4.79 Å². The largest absolute Gasteiger partial charge is 0.332 e. The molecule has 1 aromatic heterocycles. The molecule has 5 nitrogen and oxygen atoms in total. The minimum atomic E-state index is -0.808. The van der Waals surface area contributed by atoms with Crippen LogP contribution in [0.15, 0.2) is 30.6 Å². The summed E-state index contributed by atoms with van der Waals surface area (Å²) in [6.07, 6.45) is 2.82. The van der Waals surface area contributed by atoms with Gasteiger partial charge in [-0.15, -0.1) is 0 Å². The zero-order valence-electron chi connectivity index (χ0n) is 9.52. The molecule has 0 aliphatic heterocycles.